The molecule has 0 radical (unpaired) electrons. The molecular formula is C25H26BrF3N6O4. The molecule has 10 nitrogen and oxygen atoms in total. The number of piperidine rings is 1. The molecule has 0 atom stereocenters. The van der Waals surface area contributed by atoms with Crippen LogP contribution in [-0.2, 0) is 11.3 Å². The first-order valence-electron chi connectivity index (χ1n) is 12.5. The Balaban J connectivity index is 1.05. The minimum atomic E-state index is -4.79. The van der Waals surface area contributed by atoms with Crippen molar-refractivity contribution in [3.05, 3.63) is 52.0 Å². The molecule has 14 heteroatoms. The summed E-state index contributed by atoms with van der Waals surface area (Å²) >= 11 is 3.05. The molecule has 208 valence electrons. The van der Waals surface area contributed by atoms with Gasteiger partial charge in [-0.05, 0) is 64.7 Å². The highest BCUT2D eigenvalue weighted by atomic mass is 79.9. The van der Waals surface area contributed by atoms with Crippen LogP contribution in [0.3, 0.4) is 0 Å². The molecule has 1 N–H and O–H groups in total. The first-order chi connectivity index (χ1) is 18.7. The van der Waals surface area contributed by atoms with E-state index in [0.29, 0.717) is 62.0 Å². The first kappa shape index (κ1) is 27.2. The third kappa shape index (κ3) is 6.61. The van der Waals surface area contributed by atoms with Crippen LogP contribution in [0, 0.1) is 0 Å². The molecule has 0 bridgehead atoms. The van der Waals surface area contributed by atoms with E-state index in [1.807, 2.05) is 4.90 Å². The van der Waals surface area contributed by atoms with Crippen molar-refractivity contribution in [2.75, 3.05) is 39.3 Å². The maximum absolute atomic E-state index is 13.0. The van der Waals surface area contributed by atoms with Crippen molar-refractivity contribution >= 4 is 39.0 Å². The summed E-state index contributed by atoms with van der Waals surface area (Å²) in [6.45, 7) is 3.67. The number of carbonyl (C=O) groups excluding carboxylic acids is 2. The minimum absolute atomic E-state index is 0.0135. The lowest BCUT2D eigenvalue weighted by Crippen LogP contribution is -2.54. The number of carbonyl (C=O) groups is 2. The van der Waals surface area contributed by atoms with Gasteiger partial charge in [0.15, 0.2) is 0 Å². The van der Waals surface area contributed by atoms with Gasteiger partial charge in [-0.2, -0.15) is 15.4 Å². The average molecular weight is 611 g/mol. The van der Waals surface area contributed by atoms with Crippen molar-refractivity contribution in [3.8, 4) is 5.75 Å². The van der Waals surface area contributed by atoms with Crippen LogP contribution in [0.25, 0.3) is 11.0 Å². The summed E-state index contributed by atoms with van der Waals surface area (Å²) in [5.41, 5.74) is 2.51. The molecule has 2 aromatic carbocycles. The Kier molecular flexibility index (Phi) is 7.93. The third-order valence-electron chi connectivity index (χ3n) is 6.99. The average Bonchev–Trinajstić information content (AvgIpc) is 3.40. The fraction of sp³-hybridized carbons (Fsp3) is 0.440. The number of halogens is 4. The fourth-order valence-corrected chi connectivity index (χ4v) is 5.44. The first-order valence-corrected chi connectivity index (χ1v) is 13.3. The highest BCUT2D eigenvalue weighted by Gasteiger charge is 2.33. The van der Waals surface area contributed by atoms with Crippen molar-refractivity contribution < 1.29 is 32.2 Å². The summed E-state index contributed by atoms with van der Waals surface area (Å²) in [6, 6.07) is 9.66. The molecule has 0 aliphatic carbocycles. The molecule has 2 aliphatic heterocycles. The van der Waals surface area contributed by atoms with Crippen LogP contribution in [0.15, 0.2) is 40.9 Å². The van der Waals surface area contributed by atoms with Crippen molar-refractivity contribution in [3.63, 3.8) is 0 Å². The Bertz CT molecular complexity index is 1340. The van der Waals surface area contributed by atoms with E-state index >= 15 is 0 Å². The van der Waals surface area contributed by atoms with E-state index in [9.17, 15) is 22.8 Å². The number of piperazine rings is 1. The quantitative estimate of drug-likeness (QED) is 0.462. The number of amides is 2. The number of benzene rings is 2. The van der Waals surface area contributed by atoms with Crippen molar-refractivity contribution in [2.24, 2.45) is 0 Å². The number of aromatic amines is 1. The van der Waals surface area contributed by atoms with Crippen molar-refractivity contribution in [1.82, 2.24) is 30.1 Å². The van der Waals surface area contributed by atoms with Gasteiger partial charge in [-0.15, -0.1) is 13.2 Å². The normalized spacial score (nSPS) is 17.4. The zero-order chi connectivity index (χ0) is 27.6. The predicted molar refractivity (Wildman–Crippen MR) is 137 cm³/mol. The number of hydrogen-bond donors (Lipinski definition) is 1. The van der Waals surface area contributed by atoms with Gasteiger partial charge in [-0.3, -0.25) is 9.69 Å². The van der Waals surface area contributed by atoms with Crippen LogP contribution < -0.4 is 4.74 Å². The molecular weight excluding hydrogens is 585 g/mol. The maximum Gasteiger partial charge on any atom is 0.573 e. The number of nitrogens with one attached hydrogen (secondary N) is 1. The number of rotatable bonds is 5. The Morgan fingerprint density at radius 2 is 1.67 bits per heavy atom. The molecule has 0 spiro atoms. The van der Waals surface area contributed by atoms with Crippen LogP contribution >= 0.6 is 15.9 Å². The number of aromatic nitrogens is 3. The lowest BCUT2D eigenvalue weighted by Gasteiger charge is -2.42. The number of H-pyrrole nitrogens is 1. The Hall–Kier alpha value is -3.39. The lowest BCUT2D eigenvalue weighted by molar-refractivity contribution is -0.274. The molecule has 39 heavy (non-hydrogen) atoms. The number of nitrogens with zero attached hydrogens (tertiary/aromatic N) is 5. The number of alkyl halides is 3. The second-order valence-corrected chi connectivity index (χ2v) is 10.3. The predicted octanol–water partition coefficient (Wildman–Crippen LogP) is 4.18. The van der Waals surface area contributed by atoms with Gasteiger partial charge in [0.1, 0.15) is 23.4 Å². The van der Waals surface area contributed by atoms with Crippen LogP contribution in [-0.4, -0.2) is 93.8 Å². The van der Waals surface area contributed by atoms with Gasteiger partial charge in [0, 0.05) is 50.9 Å². The molecule has 0 unspecified atom stereocenters. The Morgan fingerprint density at radius 1 is 0.949 bits per heavy atom. The molecule has 2 fully saturated rings. The van der Waals surface area contributed by atoms with Crippen LogP contribution in [0.4, 0.5) is 18.0 Å². The zero-order valence-electron chi connectivity index (χ0n) is 20.8. The van der Waals surface area contributed by atoms with E-state index in [-0.39, 0.29) is 22.7 Å². The molecule has 3 heterocycles. The largest absolute Gasteiger partial charge is 0.573 e. The van der Waals surface area contributed by atoms with E-state index in [4.69, 9.17) is 4.74 Å². The molecule has 3 aromatic rings. The fourth-order valence-electron chi connectivity index (χ4n) is 4.94. The summed E-state index contributed by atoms with van der Waals surface area (Å²) in [4.78, 5) is 31.4. The monoisotopic (exact) mass is 610 g/mol. The van der Waals surface area contributed by atoms with Gasteiger partial charge in [0.25, 0.3) is 5.91 Å². The highest BCUT2D eigenvalue weighted by Crippen LogP contribution is 2.31. The summed E-state index contributed by atoms with van der Waals surface area (Å²) in [5, 5.41) is 10.6. The Labute approximate surface area is 230 Å². The second-order valence-electron chi connectivity index (χ2n) is 9.44. The van der Waals surface area contributed by atoms with Crippen LogP contribution in [0.2, 0.25) is 0 Å². The highest BCUT2D eigenvalue weighted by molar-refractivity contribution is 9.10. The standard InChI is InChI=1S/C25H26BrF3N6O4/c26-19-13-16(1-4-22(19)39-25(27,28)29)15-38-24(37)35-11-9-33(10-12-35)18-5-7-34(8-6-18)23(36)17-2-3-20-21(14-17)31-32-30-20/h1-4,13-14,18H,5-12,15H2,(H,30,31,32). The van der Waals surface area contributed by atoms with Crippen molar-refractivity contribution in [2.45, 2.75) is 31.9 Å². The Morgan fingerprint density at radius 3 is 2.36 bits per heavy atom. The van der Waals surface area contributed by atoms with Crippen LogP contribution in [0.1, 0.15) is 28.8 Å². The maximum atomic E-state index is 13.0. The van der Waals surface area contributed by atoms with Crippen LogP contribution in [0.5, 0.6) is 5.75 Å². The third-order valence-corrected chi connectivity index (χ3v) is 7.61. The smallest absolute Gasteiger partial charge is 0.445 e. The van der Waals surface area contributed by atoms with Gasteiger partial charge in [0.2, 0.25) is 0 Å². The molecule has 2 aliphatic rings. The molecule has 0 saturated carbocycles. The van der Waals surface area contributed by atoms with Gasteiger partial charge < -0.3 is 19.3 Å². The number of ether oxygens (including phenoxy) is 2. The van der Waals surface area contributed by atoms with E-state index in [2.05, 4.69) is 41.0 Å². The lowest BCUT2D eigenvalue weighted by atomic mass is 10.0. The SMILES string of the molecule is O=C(OCc1ccc(OC(F)(F)F)c(Br)c1)N1CCN(C2CCN(C(=O)c3ccc4n[nH]nc4c3)CC2)CC1. The number of likely N-dealkylation sites (tertiary alicyclic amines) is 1. The summed E-state index contributed by atoms with van der Waals surface area (Å²) in [5.74, 6) is -0.377. The molecule has 2 amide bonds. The number of hydrogen-bond acceptors (Lipinski definition) is 7. The molecule has 2 saturated heterocycles. The van der Waals surface area contributed by atoms with Gasteiger partial charge in [-0.25, -0.2) is 4.79 Å². The van der Waals surface area contributed by atoms with Gasteiger partial charge in [0.05, 0.1) is 4.47 Å². The van der Waals surface area contributed by atoms with E-state index < -0.39 is 12.5 Å². The number of fused-ring (bicyclic) bond motifs is 1. The topological polar surface area (TPSA) is 104 Å². The van der Waals surface area contributed by atoms with Gasteiger partial charge in [-0.1, -0.05) is 6.07 Å². The molecule has 1 aromatic heterocycles. The summed E-state index contributed by atoms with van der Waals surface area (Å²) in [6.07, 6.45) is -3.55. The molecule has 5 rings (SSSR count). The van der Waals surface area contributed by atoms with Crippen molar-refractivity contribution in [1.29, 1.82) is 0 Å². The van der Waals surface area contributed by atoms with E-state index in [1.54, 1.807) is 23.1 Å². The second kappa shape index (κ2) is 11.4. The summed E-state index contributed by atoms with van der Waals surface area (Å²) < 4.78 is 46.7. The zero-order valence-corrected chi connectivity index (χ0v) is 22.4. The van der Waals surface area contributed by atoms with Gasteiger partial charge >= 0.3 is 12.5 Å². The van der Waals surface area contributed by atoms with E-state index in [0.717, 1.165) is 18.4 Å². The minimum Gasteiger partial charge on any atom is -0.445 e. The summed E-state index contributed by atoms with van der Waals surface area (Å²) in [7, 11) is 0. The van der Waals surface area contributed by atoms with E-state index in [1.165, 1.54) is 18.2 Å².